The van der Waals surface area contributed by atoms with Crippen LogP contribution < -0.4 is 0 Å². The van der Waals surface area contributed by atoms with Crippen molar-refractivity contribution in [2.24, 2.45) is 7.05 Å². The van der Waals surface area contributed by atoms with E-state index >= 15 is 0 Å². The quantitative estimate of drug-likeness (QED) is 0.726. The summed E-state index contributed by atoms with van der Waals surface area (Å²) in [5, 5.41) is 5.06. The minimum Gasteiger partial charge on any atom is -0.338 e. The third-order valence-corrected chi connectivity index (χ3v) is 4.45. The van der Waals surface area contributed by atoms with E-state index < -0.39 is 6.17 Å². The Labute approximate surface area is 138 Å². The summed E-state index contributed by atoms with van der Waals surface area (Å²) in [7, 11) is 1.86. The molecule has 3 aromatic rings. The van der Waals surface area contributed by atoms with Crippen molar-refractivity contribution >= 4 is 16.9 Å². The second kappa shape index (κ2) is 5.74. The summed E-state index contributed by atoms with van der Waals surface area (Å²) in [6, 6.07) is 3.78. The molecule has 24 heavy (non-hydrogen) atoms. The second-order valence-corrected chi connectivity index (χ2v) is 6.16. The van der Waals surface area contributed by atoms with Crippen LogP contribution in [0.2, 0.25) is 0 Å². The molecule has 1 aliphatic heterocycles. The molecule has 0 atom stereocenters. The number of rotatable bonds is 2. The number of hydrogen-bond donors (Lipinski definition) is 0. The van der Waals surface area contributed by atoms with Crippen LogP contribution in [0.5, 0.6) is 0 Å². The van der Waals surface area contributed by atoms with Crippen molar-refractivity contribution in [3.8, 4) is 5.69 Å². The van der Waals surface area contributed by atoms with Crippen molar-refractivity contribution in [1.29, 1.82) is 0 Å². The fourth-order valence-electron chi connectivity index (χ4n) is 3.12. The highest BCUT2D eigenvalue weighted by atomic mass is 19.1. The van der Waals surface area contributed by atoms with Crippen LogP contribution >= 0.6 is 0 Å². The summed E-state index contributed by atoms with van der Waals surface area (Å²) >= 11 is 0. The van der Waals surface area contributed by atoms with Gasteiger partial charge in [0.2, 0.25) is 0 Å². The van der Waals surface area contributed by atoms with E-state index in [0.717, 1.165) is 16.7 Å². The van der Waals surface area contributed by atoms with Gasteiger partial charge >= 0.3 is 0 Å². The van der Waals surface area contributed by atoms with Gasteiger partial charge in [-0.25, -0.2) is 9.37 Å². The molecule has 1 saturated heterocycles. The Morgan fingerprint density at radius 3 is 2.79 bits per heavy atom. The fraction of sp³-hybridized carbons (Fsp3) is 0.353. The van der Waals surface area contributed by atoms with E-state index in [4.69, 9.17) is 0 Å². The first kappa shape index (κ1) is 14.9. The zero-order valence-electron chi connectivity index (χ0n) is 13.4. The van der Waals surface area contributed by atoms with Gasteiger partial charge in [0.1, 0.15) is 11.8 Å². The summed E-state index contributed by atoms with van der Waals surface area (Å²) in [6.07, 6.45) is 7.22. The summed E-state index contributed by atoms with van der Waals surface area (Å²) in [5.41, 5.74) is 2.25. The van der Waals surface area contributed by atoms with Gasteiger partial charge in [-0.3, -0.25) is 14.0 Å². The standard InChI is InChI=1S/C17H18FN5O/c1-21-11-15(10-20-21)23-7-2-12-8-13(9-19-16(12)23)17(24)22-5-3-14(18)4-6-22/h2,7-11,14H,3-6H2,1H3. The Bertz CT molecular complexity index is 891. The van der Waals surface area contributed by atoms with E-state index in [-0.39, 0.29) is 5.91 Å². The molecule has 0 aliphatic carbocycles. The van der Waals surface area contributed by atoms with Gasteiger partial charge in [-0.15, -0.1) is 0 Å². The number of carbonyl (C=O) groups is 1. The van der Waals surface area contributed by atoms with E-state index in [1.807, 2.05) is 36.1 Å². The molecule has 4 rings (SSSR count). The van der Waals surface area contributed by atoms with Crippen LogP contribution in [0.25, 0.3) is 16.7 Å². The lowest BCUT2D eigenvalue weighted by Crippen LogP contribution is -2.39. The predicted octanol–water partition coefficient (Wildman–Crippen LogP) is 2.33. The highest BCUT2D eigenvalue weighted by Gasteiger charge is 2.23. The number of halogens is 1. The summed E-state index contributed by atoms with van der Waals surface area (Å²) in [4.78, 5) is 18.7. The van der Waals surface area contributed by atoms with Gasteiger partial charge in [-0.05, 0) is 25.0 Å². The number of hydrogen-bond acceptors (Lipinski definition) is 3. The fourth-order valence-corrected chi connectivity index (χ4v) is 3.12. The van der Waals surface area contributed by atoms with E-state index in [9.17, 15) is 9.18 Å². The van der Waals surface area contributed by atoms with Crippen LogP contribution in [0.15, 0.2) is 36.9 Å². The normalized spacial score (nSPS) is 16.0. The molecule has 0 radical (unpaired) electrons. The van der Waals surface area contributed by atoms with Crippen LogP contribution in [-0.2, 0) is 7.05 Å². The SMILES string of the molecule is Cn1cc(-n2ccc3cc(C(=O)N4CCC(F)CC4)cnc32)cn1. The molecule has 6 nitrogen and oxygen atoms in total. The van der Waals surface area contributed by atoms with Crippen molar-refractivity contribution in [3.63, 3.8) is 0 Å². The molecule has 1 amide bonds. The molecule has 124 valence electrons. The van der Waals surface area contributed by atoms with Gasteiger partial charge in [0.25, 0.3) is 5.91 Å². The number of nitrogens with zero attached hydrogens (tertiary/aromatic N) is 5. The first-order valence-corrected chi connectivity index (χ1v) is 8.01. The number of carbonyl (C=O) groups excluding carboxylic acids is 1. The molecule has 4 heterocycles. The average Bonchev–Trinajstić information content (AvgIpc) is 3.20. The maximum Gasteiger partial charge on any atom is 0.255 e. The molecule has 1 aliphatic rings. The highest BCUT2D eigenvalue weighted by molar-refractivity contribution is 5.97. The van der Waals surface area contributed by atoms with Crippen molar-refractivity contribution < 1.29 is 9.18 Å². The Morgan fingerprint density at radius 2 is 2.08 bits per heavy atom. The van der Waals surface area contributed by atoms with Crippen molar-refractivity contribution in [2.45, 2.75) is 19.0 Å². The topological polar surface area (TPSA) is 56.0 Å². The molecule has 0 aromatic carbocycles. The maximum atomic E-state index is 13.2. The summed E-state index contributed by atoms with van der Waals surface area (Å²) < 4.78 is 16.9. The number of aryl methyl sites for hydroxylation is 1. The van der Waals surface area contributed by atoms with Gasteiger partial charge in [-0.2, -0.15) is 5.10 Å². The number of alkyl halides is 1. The van der Waals surface area contributed by atoms with Gasteiger partial charge in [0, 0.05) is 44.1 Å². The lowest BCUT2D eigenvalue weighted by Gasteiger charge is -2.28. The molecular weight excluding hydrogens is 309 g/mol. The summed E-state index contributed by atoms with van der Waals surface area (Å²) in [6.45, 7) is 0.934. The molecule has 0 unspecified atom stereocenters. The monoisotopic (exact) mass is 327 g/mol. The number of fused-ring (bicyclic) bond motifs is 1. The van der Waals surface area contributed by atoms with Gasteiger partial charge in [-0.1, -0.05) is 0 Å². The minimum atomic E-state index is -0.789. The zero-order chi connectivity index (χ0) is 16.7. The number of aromatic nitrogens is 4. The Hall–Kier alpha value is -2.70. The lowest BCUT2D eigenvalue weighted by atomic mass is 10.1. The molecule has 0 saturated carbocycles. The van der Waals surface area contributed by atoms with Crippen LogP contribution in [0, 0.1) is 0 Å². The van der Waals surface area contributed by atoms with E-state index in [1.54, 1.807) is 22.0 Å². The number of piperidine rings is 1. The van der Waals surface area contributed by atoms with Crippen molar-refractivity contribution in [1.82, 2.24) is 24.2 Å². The summed E-state index contributed by atoms with van der Waals surface area (Å²) in [5.74, 6) is -0.0783. The van der Waals surface area contributed by atoms with Crippen molar-refractivity contribution in [3.05, 3.63) is 42.5 Å². The van der Waals surface area contributed by atoms with E-state index in [2.05, 4.69) is 10.1 Å². The Morgan fingerprint density at radius 1 is 1.29 bits per heavy atom. The van der Waals surface area contributed by atoms with Crippen LogP contribution in [-0.4, -0.2) is 49.4 Å². The Balaban J connectivity index is 1.63. The third kappa shape index (κ3) is 2.55. The second-order valence-electron chi connectivity index (χ2n) is 6.16. The van der Waals surface area contributed by atoms with Crippen LogP contribution in [0.1, 0.15) is 23.2 Å². The van der Waals surface area contributed by atoms with Crippen molar-refractivity contribution in [2.75, 3.05) is 13.1 Å². The van der Waals surface area contributed by atoms with Gasteiger partial charge < -0.3 is 4.90 Å². The Kier molecular flexibility index (Phi) is 3.55. The van der Waals surface area contributed by atoms with Crippen LogP contribution in [0.3, 0.4) is 0 Å². The molecule has 7 heteroatoms. The molecule has 0 bridgehead atoms. The first-order valence-electron chi connectivity index (χ1n) is 8.01. The molecule has 0 spiro atoms. The zero-order valence-corrected chi connectivity index (χ0v) is 13.4. The predicted molar refractivity (Wildman–Crippen MR) is 87.9 cm³/mol. The first-order chi connectivity index (χ1) is 11.6. The smallest absolute Gasteiger partial charge is 0.255 e. The van der Waals surface area contributed by atoms with Gasteiger partial charge in [0.05, 0.1) is 17.4 Å². The minimum absolute atomic E-state index is 0.0783. The molecule has 3 aromatic heterocycles. The largest absolute Gasteiger partial charge is 0.338 e. The molecular formula is C17H18FN5O. The third-order valence-electron chi connectivity index (χ3n) is 4.45. The maximum absolute atomic E-state index is 13.2. The molecule has 1 fully saturated rings. The lowest BCUT2D eigenvalue weighted by molar-refractivity contribution is 0.0667. The number of likely N-dealkylation sites (tertiary alicyclic amines) is 1. The van der Waals surface area contributed by atoms with E-state index in [1.165, 1.54) is 0 Å². The molecule has 0 N–H and O–H groups in total. The van der Waals surface area contributed by atoms with Crippen LogP contribution in [0.4, 0.5) is 4.39 Å². The van der Waals surface area contributed by atoms with Gasteiger partial charge in [0.15, 0.2) is 0 Å². The highest BCUT2D eigenvalue weighted by Crippen LogP contribution is 2.21. The number of amides is 1. The average molecular weight is 327 g/mol. The van der Waals surface area contributed by atoms with E-state index in [0.29, 0.717) is 31.5 Å². The number of pyridine rings is 1.